The van der Waals surface area contributed by atoms with Gasteiger partial charge in [0.1, 0.15) is 0 Å². The van der Waals surface area contributed by atoms with Crippen LogP contribution in [0.25, 0.3) is 0 Å². The van der Waals surface area contributed by atoms with Crippen molar-refractivity contribution in [2.75, 3.05) is 11.4 Å². The molecule has 0 saturated carbocycles. The Morgan fingerprint density at radius 1 is 1.59 bits per heavy atom. The summed E-state index contributed by atoms with van der Waals surface area (Å²) in [5, 5.41) is 12.1. The minimum Gasteiger partial charge on any atom is -0.409 e. The molecule has 1 aliphatic heterocycles. The van der Waals surface area contributed by atoms with Crippen molar-refractivity contribution < 1.29 is 5.21 Å². The van der Waals surface area contributed by atoms with E-state index in [0.717, 1.165) is 12.2 Å². The van der Waals surface area contributed by atoms with Gasteiger partial charge < -0.3 is 15.8 Å². The average Bonchev–Trinajstić information content (AvgIpc) is 2.74. The molecule has 0 aliphatic carbocycles. The molecular weight excluding hydrogens is 238 g/mol. The molecular formula is C12H16ClN3O. The Hall–Kier alpha value is -1.42. The number of rotatable bonds is 2. The van der Waals surface area contributed by atoms with E-state index >= 15 is 0 Å². The van der Waals surface area contributed by atoms with Crippen LogP contribution in [0.3, 0.4) is 0 Å². The fourth-order valence-corrected chi connectivity index (χ4v) is 2.53. The molecule has 0 spiro atoms. The van der Waals surface area contributed by atoms with Crippen molar-refractivity contribution in [1.82, 2.24) is 0 Å². The molecule has 92 valence electrons. The lowest BCUT2D eigenvalue weighted by atomic mass is 10.1. The van der Waals surface area contributed by atoms with Crippen molar-refractivity contribution >= 4 is 23.1 Å². The van der Waals surface area contributed by atoms with Crippen molar-refractivity contribution in [3.8, 4) is 0 Å². The lowest BCUT2D eigenvalue weighted by molar-refractivity contribution is 0.318. The van der Waals surface area contributed by atoms with Crippen molar-refractivity contribution in [2.24, 2.45) is 10.9 Å². The summed E-state index contributed by atoms with van der Waals surface area (Å²) in [6.45, 7) is 3.26. The van der Waals surface area contributed by atoms with Gasteiger partial charge in [-0.25, -0.2) is 0 Å². The molecule has 1 aliphatic rings. The van der Waals surface area contributed by atoms with Gasteiger partial charge in [-0.15, -0.1) is 0 Å². The number of benzene rings is 1. The first kappa shape index (κ1) is 12.0. The minimum absolute atomic E-state index is 0.0380. The summed E-state index contributed by atoms with van der Waals surface area (Å²) in [5.74, 6) is 0.0380. The summed E-state index contributed by atoms with van der Waals surface area (Å²) in [5.41, 5.74) is 7.18. The number of nitrogens with two attached hydrogens (primary N) is 1. The van der Waals surface area contributed by atoms with Crippen molar-refractivity contribution in [2.45, 2.75) is 25.8 Å². The normalized spacial score (nSPS) is 20.9. The smallest absolute Gasteiger partial charge is 0.171 e. The number of halogens is 1. The molecule has 1 heterocycles. The highest BCUT2D eigenvalue weighted by Crippen LogP contribution is 2.29. The molecule has 4 nitrogen and oxygen atoms in total. The molecule has 0 aromatic heterocycles. The van der Waals surface area contributed by atoms with Gasteiger partial charge in [-0.05, 0) is 38.0 Å². The van der Waals surface area contributed by atoms with E-state index in [2.05, 4.69) is 17.0 Å². The maximum Gasteiger partial charge on any atom is 0.171 e. The van der Waals surface area contributed by atoms with Gasteiger partial charge in [0.25, 0.3) is 0 Å². The summed E-state index contributed by atoms with van der Waals surface area (Å²) in [6.07, 6.45) is 2.42. The Morgan fingerprint density at radius 2 is 2.35 bits per heavy atom. The molecule has 2 rings (SSSR count). The molecule has 3 N–H and O–H groups in total. The average molecular weight is 254 g/mol. The Labute approximate surface area is 106 Å². The van der Waals surface area contributed by atoms with Crippen LogP contribution >= 0.6 is 11.6 Å². The predicted molar refractivity (Wildman–Crippen MR) is 70.0 cm³/mol. The predicted octanol–water partition coefficient (Wildman–Crippen LogP) is 2.42. The first-order valence-corrected chi connectivity index (χ1v) is 6.05. The molecule has 17 heavy (non-hydrogen) atoms. The Kier molecular flexibility index (Phi) is 3.43. The highest BCUT2D eigenvalue weighted by Gasteiger charge is 2.21. The largest absolute Gasteiger partial charge is 0.409 e. The minimum atomic E-state index is 0.0380. The van der Waals surface area contributed by atoms with E-state index in [9.17, 15) is 0 Å². The van der Waals surface area contributed by atoms with Gasteiger partial charge in [0.05, 0.1) is 5.02 Å². The second kappa shape index (κ2) is 4.84. The van der Waals surface area contributed by atoms with Crippen LogP contribution in [-0.2, 0) is 0 Å². The summed E-state index contributed by atoms with van der Waals surface area (Å²) >= 11 is 6.13. The van der Waals surface area contributed by atoms with Crippen LogP contribution in [0.2, 0.25) is 5.02 Å². The second-order valence-electron chi connectivity index (χ2n) is 4.33. The van der Waals surface area contributed by atoms with Crippen molar-refractivity contribution in [3.63, 3.8) is 0 Å². The van der Waals surface area contributed by atoms with Gasteiger partial charge in [0.15, 0.2) is 5.84 Å². The number of anilines is 1. The molecule has 5 heteroatoms. The molecule has 0 bridgehead atoms. The Balaban J connectivity index is 2.30. The maximum atomic E-state index is 8.63. The van der Waals surface area contributed by atoms with E-state index < -0.39 is 0 Å². The maximum absolute atomic E-state index is 8.63. The lowest BCUT2D eigenvalue weighted by Crippen LogP contribution is -2.26. The van der Waals surface area contributed by atoms with E-state index in [4.69, 9.17) is 22.5 Å². The van der Waals surface area contributed by atoms with Crippen LogP contribution < -0.4 is 10.6 Å². The van der Waals surface area contributed by atoms with Crippen LogP contribution in [0.1, 0.15) is 25.3 Å². The molecule has 0 amide bonds. The molecule has 1 aromatic carbocycles. The number of hydrogen-bond donors (Lipinski definition) is 2. The van der Waals surface area contributed by atoms with Crippen LogP contribution in [0.5, 0.6) is 0 Å². The third-order valence-corrected chi connectivity index (χ3v) is 3.53. The first-order valence-electron chi connectivity index (χ1n) is 5.67. The van der Waals surface area contributed by atoms with E-state index in [1.165, 1.54) is 12.8 Å². The summed E-state index contributed by atoms with van der Waals surface area (Å²) in [4.78, 5) is 2.32. The number of nitrogens with zero attached hydrogens (tertiary/aromatic N) is 2. The summed E-state index contributed by atoms with van der Waals surface area (Å²) in [7, 11) is 0. The van der Waals surface area contributed by atoms with Gasteiger partial charge in [-0.1, -0.05) is 16.8 Å². The van der Waals surface area contributed by atoms with Crippen LogP contribution in [0.15, 0.2) is 23.4 Å². The van der Waals surface area contributed by atoms with E-state index in [1.54, 1.807) is 6.07 Å². The van der Waals surface area contributed by atoms with Gasteiger partial charge >= 0.3 is 0 Å². The van der Waals surface area contributed by atoms with E-state index in [0.29, 0.717) is 16.6 Å². The van der Waals surface area contributed by atoms with Crippen molar-refractivity contribution in [1.29, 1.82) is 0 Å². The summed E-state index contributed by atoms with van der Waals surface area (Å²) < 4.78 is 0. The third-order valence-electron chi connectivity index (χ3n) is 3.22. The first-order chi connectivity index (χ1) is 8.13. The van der Waals surface area contributed by atoms with Crippen molar-refractivity contribution in [3.05, 3.63) is 28.8 Å². The zero-order chi connectivity index (χ0) is 12.4. The highest BCUT2D eigenvalue weighted by molar-refractivity contribution is 6.34. The lowest BCUT2D eigenvalue weighted by Gasteiger charge is -2.24. The zero-order valence-electron chi connectivity index (χ0n) is 9.73. The molecule has 1 fully saturated rings. The monoisotopic (exact) mass is 253 g/mol. The van der Waals surface area contributed by atoms with Crippen LogP contribution in [0.4, 0.5) is 5.69 Å². The molecule has 1 aromatic rings. The Bertz CT molecular complexity index is 447. The van der Waals surface area contributed by atoms with Gasteiger partial charge in [0, 0.05) is 23.8 Å². The number of amidine groups is 1. The Morgan fingerprint density at radius 3 is 2.88 bits per heavy atom. The van der Waals surface area contributed by atoms with E-state index in [-0.39, 0.29) is 5.84 Å². The fraction of sp³-hybridized carbons (Fsp3) is 0.417. The molecule has 0 radical (unpaired) electrons. The number of hydrogen-bond acceptors (Lipinski definition) is 3. The zero-order valence-corrected chi connectivity index (χ0v) is 10.5. The highest BCUT2D eigenvalue weighted by atomic mass is 35.5. The van der Waals surface area contributed by atoms with Gasteiger partial charge in [0.2, 0.25) is 0 Å². The molecule has 1 saturated heterocycles. The van der Waals surface area contributed by atoms with Gasteiger partial charge in [-0.2, -0.15) is 0 Å². The topological polar surface area (TPSA) is 61.8 Å². The quantitative estimate of drug-likeness (QED) is 0.368. The number of oxime groups is 1. The molecule has 1 unspecified atom stereocenters. The van der Waals surface area contributed by atoms with E-state index in [1.807, 2.05) is 12.1 Å². The van der Waals surface area contributed by atoms with Crippen LogP contribution in [-0.4, -0.2) is 23.6 Å². The molecule has 1 atom stereocenters. The standard InChI is InChI=1S/C12H16ClN3O/c1-8-3-2-6-16(8)9-4-5-10(11(13)7-9)12(14)15-17/h4-5,7-8,17H,2-3,6H2,1H3,(H2,14,15). The fourth-order valence-electron chi connectivity index (χ4n) is 2.26. The SMILES string of the molecule is CC1CCCN1c1ccc(C(N)=NO)c(Cl)c1. The van der Waals surface area contributed by atoms with Crippen LogP contribution in [0, 0.1) is 0 Å². The third kappa shape index (κ3) is 2.31. The summed E-state index contributed by atoms with van der Waals surface area (Å²) in [6, 6.07) is 6.16. The van der Waals surface area contributed by atoms with Gasteiger partial charge in [-0.3, -0.25) is 0 Å². The second-order valence-corrected chi connectivity index (χ2v) is 4.74.